The van der Waals surface area contributed by atoms with Crippen LogP contribution in [0.1, 0.15) is 13.8 Å². The summed E-state index contributed by atoms with van der Waals surface area (Å²) in [7, 11) is 3.60. The Morgan fingerprint density at radius 1 is 1.00 bits per heavy atom. The largest absolute Gasteiger partial charge is 0.327 e. The van der Waals surface area contributed by atoms with Gasteiger partial charge in [0.05, 0.1) is 0 Å². The lowest BCUT2D eigenvalue weighted by atomic mass is 10.4. The molecule has 0 rings (SSSR count). The third kappa shape index (κ3) is 8.62. The van der Waals surface area contributed by atoms with Gasteiger partial charge in [0.2, 0.25) is 0 Å². The third-order valence-electron chi connectivity index (χ3n) is 0.745. The topological polar surface area (TPSA) is 52.0 Å². The van der Waals surface area contributed by atoms with Gasteiger partial charge in [0.15, 0.2) is 0 Å². The minimum atomic E-state index is 0.297. The van der Waals surface area contributed by atoms with Crippen molar-refractivity contribution < 1.29 is 0 Å². The first-order valence-electron chi connectivity index (χ1n) is 3.38. The highest BCUT2D eigenvalue weighted by atomic mass is 33.1. The van der Waals surface area contributed by atoms with Crippen LogP contribution >= 0.6 is 21.6 Å². The fourth-order valence-corrected chi connectivity index (χ4v) is 2.80. The maximum absolute atomic E-state index is 5.54. The van der Waals surface area contributed by atoms with Gasteiger partial charge in [0.1, 0.15) is 0 Å². The maximum atomic E-state index is 5.54. The lowest BCUT2D eigenvalue weighted by molar-refractivity contribution is 0.846. The fraction of sp³-hybridized carbons (Fsp3) is 1.00. The van der Waals surface area contributed by atoms with Gasteiger partial charge in [-0.05, 0) is 13.8 Å². The minimum absolute atomic E-state index is 0.297. The van der Waals surface area contributed by atoms with Gasteiger partial charge >= 0.3 is 0 Å². The molecule has 2 nitrogen and oxygen atoms in total. The van der Waals surface area contributed by atoms with Crippen LogP contribution in [0.2, 0.25) is 0 Å². The average Bonchev–Trinajstić information content (AvgIpc) is 1.79. The molecule has 0 bridgehead atoms. The average molecular weight is 180 g/mol. The van der Waals surface area contributed by atoms with E-state index in [9.17, 15) is 0 Å². The molecule has 10 heavy (non-hydrogen) atoms. The van der Waals surface area contributed by atoms with Gasteiger partial charge in [0.25, 0.3) is 0 Å². The standard InChI is InChI=1S/C6H16N2S2/c1-5(7)3-9-10-4-6(2)8/h5-6H,3-4,7-8H2,1-2H3/t5-,6-/m0/s1. The summed E-state index contributed by atoms with van der Waals surface area (Å²) < 4.78 is 0. The van der Waals surface area contributed by atoms with E-state index in [1.54, 1.807) is 21.6 Å². The van der Waals surface area contributed by atoms with Gasteiger partial charge < -0.3 is 11.5 Å². The molecule has 4 heteroatoms. The molecule has 62 valence electrons. The van der Waals surface area contributed by atoms with E-state index in [1.165, 1.54) is 0 Å². The highest BCUT2D eigenvalue weighted by molar-refractivity contribution is 8.76. The van der Waals surface area contributed by atoms with E-state index in [4.69, 9.17) is 11.5 Å². The summed E-state index contributed by atoms with van der Waals surface area (Å²) in [6.45, 7) is 4.03. The molecule has 0 heterocycles. The quantitative estimate of drug-likeness (QED) is 0.491. The zero-order valence-corrected chi connectivity index (χ0v) is 8.17. The Bertz CT molecular complexity index is 66.1. The van der Waals surface area contributed by atoms with Crippen LogP contribution in [0, 0.1) is 0 Å². The number of rotatable bonds is 5. The van der Waals surface area contributed by atoms with Crippen LogP contribution < -0.4 is 11.5 Å². The van der Waals surface area contributed by atoms with Crippen LogP contribution in [0.3, 0.4) is 0 Å². The predicted octanol–water partition coefficient (Wildman–Crippen LogP) is 1.06. The molecule has 2 atom stereocenters. The first kappa shape index (κ1) is 10.6. The van der Waals surface area contributed by atoms with Crippen molar-refractivity contribution in [3.05, 3.63) is 0 Å². The van der Waals surface area contributed by atoms with Crippen LogP contribution in [-0.2, 0) is 0 Å². The van der Waals surface area contributed by atoms with Crippen molar-refractivity contribution in [2.24, 2.45) is 11.5 Å². The number of nitrogens with two attached hydrogens (primary N) is 2. The Hall–Kier alpha value is 0.620. The monoisotopic (exact) mass is 180 g/mol. The maximum Gasteiger partial charge on any atom is 0.0186 e. The summed E-state index contributed by atoms with van der Waals surface area (Å²) in [5, 5.41) is 0. The van der Waals surface area contributed by atoms with Gasteiger partial charge in [0, 0.05) is 23.6 Å². The SMILES string of the molecule is C[C@H](N)CSSC[C@H](C)N. The van der Waals surface area contributed by atoms with E-state index in [-0.39, 0.29) is 0 Å². The molecular weight excluding hydrogens is 164 g/mol. The second-order valence-corrected chi connectivity index (χ2v) is 5.08. The molecule has 0 aromatic heterocycles. The summed E-state index contributed by atoms with van der Waals surface area (Å²) >= 11 is 0. The van der Waals surface area contributed by atoms with Crippen LogP contribution in [0.5, 0.6) is 0 Å². The van der Waals surface area contributed by atoms with Crippen LogP contribution in [0.15, 0.2) is 0 Å². The molecule has 0 fully saturated rings. The van der Waals surface area contributed by atoms with Crippen molar-refractivity contribution >= 4 is 21.6 Å². The van der Waals surface area contributed by atoms with E-state index < -0.39 is 0 Å². The van der Waals surface area contributed by atoms with Crippen molar-refractivity contribution in [3.63, 3.8) is 0 Å². The van der Waals surface area contributed by atoms with Crippen molar-refractivity contribution in [2.75, 3.05) is 11.5 Å². The minimum Gasteiger partial charge on any atom is -0.327 e. The lowest BCUT2D eigenvalue weighted by Crippen LogP contribution is -2.19. The van der Waals surface area contributed by atoms with E-state index in [1.807, 2.05) is 13.8 Å². The molecule has 0 aliphatic carbocycles. The Labute approximate surface area is 70.9 Å². The van der Waals surface area contributed by atoms with Crippen molar-refractivity contribution in [3.8, 4) is 0 Å². The molecule has 0 saturated carbocycles. The number of hydrogen-bond donors (Lipinski definition) is 2. The molecule has 0 saturated heterocycles. The Morgan fingerprint density at radius 2 is 1.30 bits per heavy atom. The third-order valence-corrected chi connectivity index (χ3v) is 3.55. The van der Waals surface area contributed by atoms with Crippen LogP contribution in [-0.4, -0.2) is 23.6 Å². The summed E-state index contributed by atoms with van der Waals surface area (Å²) in [4.78, 5) is 0. The van der Waals surface area contributed by atoms with E-state index in [0.717, 1.165) is 11.5 Å². The molecule has 0 aliphatic heterocycles. The molecule has 0 aromatic carbocycles. The van der Waals surface area contributed by atoms with Crippen molar-refractivity contribution in [1.82, 2.24) is 0 Å². The molecule has 0 aromatic rings. The number of hydrogen-bond acceptors (Lipinski definition) is 4. The molecule has 0 radical (unpaired) electrons. The molecule has 0 aliphatic rings. The molecule has 0 spiro atoms. The Kier molecular flexibility index (Phi) is 6.73. The first-order valence-corrected chi connectivity index (χ1v) is 5.87. The summed E-state index contributed by atoms with van der Waals surface area (Å²) in [5.74, 6) is 2.02. The highest BCUT2D eigenvalue weighted by Crippen LogP contribution is 2.21. The molecule has 0 unspecified atom stereocenters. The lowest BCUT2D eigenvalue weighted by Gasteiger charge is -2.05. The van der Waals surface area contributed by atoms with Gasteiger partial charge in [-0.1, -0.05) is 21.6 Å². The van der Waals surface area contributed by atoms with Gasteiger partial charge in [-0.3, -0.25) is 0 Å². The van der Waals surface area contributed by atoms with Crippen LogP contribution in [0.4, 0.5) is 0 Å². The zero-order chi connectivity index (χ0) is 7.98. The van der Waals surface area contributed by atoms with Crippen molar-refractivity contribution in [2.45, 2.75) is 25.9 Å². The highest BCUT2D eigenvalue weighted by Gasteiger charge is 1.96. The first-order chi connectivity index (χ1) is 4.63. The molecular formula is C6H16N2S2. The summed E-state index contributed by atoms with van der Waals surface area (Å²) in [5.41, 5.74) is 11.1. The van der Waals surface area contributed by atoms with Gasteiger partial charge in [-0.2, -0.15) is 0 Å². The smallest absolute Gasteiger partial charge is 0.0186 e. The van der Waals surface area contributed by atoms with E-state index in [2.05, 4.69) is 0 Å². The van der Waals surface area contributed by atoms with Gasteiger partial charge in [-0.15, -0.1) is 0 Å². The Morgan fingerprint density at radius 3 is 1.50 bits per heavy atom. The van der Waals surface area contributed by atoms with Gasteiger partial charge in [-0.25, -0.2) is 0 Å². The summed E-state index contributed by atoms with van der Waals surface area (Å²) in [6.07, 6.45) is 0. The van der Waals surface area contributed by atoms with E-state index in [0.29, 0.717) is 12.1 Å². The second-order valence-electron chi connectivity index (χ2n) is 2.52. The summed E-state index contributed by atoms with van der Waals surface area (Å²) in [6, 6.07) is 0.594. The Balaban J connectivity index is 2.91. The molecule has 4 N–H and O–H groups in total. The zero-order valence-electron chi connectivity index (χ0n) is 6.54. The predicted molar refractivity (Wildman–Crippen MR) is 52.2 cm³/mol. The fourth-order valence-electron chi connectivity index (χ4n) is 0.311. The normalized spacial score (nSPS) is 16.8. The molecule has 0 amide bonds. The van der Waals surface area contributed by atoms with Crippen molar-refractivity contribution in [1.29, 1.82) is 0 Å². The second kappa shape index (κ2) is 6.34. The van der Waals surface area contributed by atoms with E-state index >= 15 is 0 Å². The van der Waals surface area contributed by atoms with Crippen LogP contribution in [0.25, 0.3) is 0 Å².